The molecule has 0 unspecified atom stereocenters. The molecule has 0 aliphatic carbocycles. The van der Waals surface area contributed by atoms with E-state index in [0.29, 0.717) is 22.1 Å². The first-order valence-electron chi connectivity index (χ1n) is 6.09. The van der Waals surface area contributed by atoms with Gasteiger partial charge in [-0.15, -0.1) is 0 Å². The van der Waals surface area contributed by atoms with E-state index >= 15 is 0 Å². The van der Waals surface area contributed by atoms with Crippen LogP contribution in [0.3, 0.4) is 0 Å². The molecule has 0 saturated heterocycles. The van der Waals surface area contributed by atoms with Crippen molar-refractivity contribution in [2.45, 2.75) is 6.92 Å². The molecule has 0 saturated carbocycles. The first kappa shape index (κ1) is 14.2. The Labute approximate surface area is 122 Å². The zero-order valence-corrected chi connectivity index (χ0v) is 11.8. The van der Waals surface area contributed by atoms with Crippen LogP contribution in [-0.4, -0.2) is 12.5 Å². The molecule has 0 aliphatic rings. The number of hydrogen-bond donors (Lipinski definition) is 2. The van der Waals surface area contributed by atoms with Gasteiger partial charge in [0.05, 0.1) is 0 Å². The molecule has 0 bridgehead atoms. The third kappa shape index (κ3) is 3.65. The van der Waals surface area contributed by atoms with E-state index in [-0.39, 0.29) is 12.5 Å². The number of nitrogens with one attached hydrogen (secondary N) is 1. The minimum Gasteiger partial charge on any atom is -0.484 e. The second kappa shape index (κ2) is 6.30. The first-order valence-corrected chi connectivity index (χ1v) is 6.47. The molecule has 0 radical (unpaired) electrons. The first-order chi connectivity index (χ1) is 9.56. The van der Waals surface area contributed by atoms with Gasteiger partial charge in [-0.3, -0.25) is 4.79 Å². The fourth-order valence-corrected chi connectivity index (χ4v) is 1.82. The summed E-state index contributed by atoms with van der Waals surface area (Å²) in [6.45, 7) is 1.77. The lowest BCUT2D eigenvalue weighted by Gasteiger charge is -2.10. The van der Waals surface area contributed by atoms with E-state index in [0.717, 1.165) is 5.56 Å². The Morgan fingerprint density at radius 3 is 2.65 bits per heavy atom. The van der Waals surface area contributed by atoms with Gasteiger partial charge >= 0.3 is 0 Å². The summed E-state index contributed by atoms with van der Waals surface area (Å²) >= 11 is 5.99. The number of anilines is 2. The van der Waals surface area contributed by atoms with Crippen LogP contribution in [0.4, 0.5) is 11.4 Å². The monoisotopic (exact) mass is 290 g/mol. The van der Waals surface area contributed by atoms with Gasteiger partial charge in [0.15, 0.2) is 6.61 Å². The maximum atomic E-state index is 11.8. The highest BCUT2D eigenvalue weighted by Gasteiger charge is 2.07. The molecule has 2 aromatic carbocycles. The van der Waals surface area contributed by atoms with Crippen LogP contribution in [0, 0.1) is 6.92 Å². The van der Waals surface area contributed by atoms with Crippen LogP contribution in [0.25, 0.3) is 0 Å². The third-order valence-electron chi connectivity index (χ3n) is 2.79. The Balaban J connectivity index is 1.92. The maximum absolute atomic E-state index is 11.8. The number of ether oxygens (including phenoxy) is 1. The smallest absolute Gasteiger partial charge is 0.262 e. The summed E-state index contributed by atoms with van der Waals surface area (Å²) in [5, 5.41) is 3.37. The largest absolute Gasteiger partial charge is 0.484 e. The van der Waals surface area contributed by atoms with Crippen LogP contribution in [0.2, 0.25) is 5.02 Å². The fraction of sp³-hybridized carbons (Fsp3) is 0.133. The molecule has 0 atom stereocenters. The van der Waals surface area contributed by atoms with Crippen molar-refractivity contribution in [3.63, 3.8) is 0 Å². The van der Waals surface area contributed by atoms with Crippen LogP contribution in [0.1, 0.15) is 5.56 Å². The highest BCUT2D eigenvalue weighted by molar-refractivity contribution is 6.31. The molecule has 20 heavy (non-hydrogen) atoms. The quantitative estimate of drug-likeness (QED) is 0.850. The van der Waals surface area contributed by atoms with Gasteiger partial charge in [-0.25, -0.2) is 0 Å². The number of benzene rings is 2. The predicted molar refractivity (Wildman–Crippen MR) is 81.2 cm³/mol. The molecule has 0 spiro atoms. The molecule has 2 aromatic rings. The van der Waals surface area contributed by atoms with Crippen LogP contribution < -0.4 is 15.8 Å². The molecular formula is C15H15ClN2O2. The average Bonchev–Trinajstić information content (AvgIpc) is 2.43. The molecule has 104 valence electrons. The summed E-state index contributed by atoms with van der Waals surface area (Å²) in [4.78, 5) is 11.8. The Bertz CT molecular complexity index is 612. The van der Waals surface area contributed by atoms with Crippen LogP contribution in [0.15, 0.2) is 42.5 Å². The molecule has 2 rings (SSSR count). The average molecular weight is 291 g/mol. The van der Waals surface area contributed by atoms with Gasteiger partial charge in [-0.05, 0) is 48.9 Å². The number of rotatable bonds is 4. The SMILES string of the molecule is Cc1c(Cl)cccc1NC(=O)COc1ccc(N)cc1. The van der Waals surface area contributed by atoms with Gasteiger partial charge in [-0.1, -0.05) is 17.7 Å². The number of nitrogens with two attached hydrogens (primary N) is 1. The van der Waals surface area contributed by atoms with E-state index in [4.69, 9.17) is 22.1 Å². The zero-order valence-electron chi connectivity index (χ0n) is 11.0. The van der Waals surface area contributed by atoms with Crippen molar-refractivity contribution >= 4 is 28.9 Å². The van der Waals surface area contributed by atoms with E-state index in [1.165, 1.54) is 0 Å². The Hall–Kier alpha value is -2.20. The van der Waals surface area contributed by atoms with Crippen molar-refractivity contribution in [1.82, 2.24) is 0 Å². The van der Waals surface area contributed by atoms with E-state index < -0.39 is 0 Å². The molecule has 3 N–H and O–H groups in total. The fourth-order valence-electron chi connectivity index (χ4n) is 1.64. The second-order valence-electron chi connectivity index (χ2n) is 4.32. The zero-order chi connectivity index (χ0) is 14.5. The lowest BCUT2D eigenvalue weighted by Crippen LogP contribution is -2.20. The minimum absolute atomic E-state index is 0.0735. The number of carbonyl (C=O) groups is 1. The Morgan fingerprint density at radius 1 is 1.25 bits per heavy atom. The third-order valence-corrected chi connectivity index (χ3v) is 3.20. The van der Waals surface area contributed by atoms with Crippen molar-refractivity contribution in [3.05, 3.63) is 53.1 Å². The molecule has 4 nitrogen and oxygen atoms in total. The Morgan fingerprint density at radius 2 is 1.95 bits per heavy atom. The summed E-state index contributed by atoms with van der Waals surface area (Å²) in [6.07, 6.45) is 0. The standard InChI is InChI=1S/C15H15ClN2O2/c1-10-13(16)3-2-4-14(10)18-15(19)9-20-12-7-5-11(17)6-8-12/h2-8H,9,17H2,1H3,(H,18,19). The van der Waals surface area contributed by atoms with Gasteiger partial charge in [0, 0.05) is 16.4 Å². The summed E-state index contributed by atoms with van der Waals surface area (Å²) in [5.74, 6) is 0.351. The van der Waals surface area contributed by atoms with Crippen molar-refractivity contribution in [3.8, 4) is 5.75 Å². The Kier molecular flexibility index (Phi) is 4.48. The molecule has 1 amide bonds. The van der Waals surface area contributed by atoms with Gasteiger partial charge < -0.3 is 15.8 Å². The van der Waals surface area contributed by atoms with Crippen molar-refractivity contribution in [1.29, 1.82) is 0 Å². The van der Waals surface area contributed by atoms with Gasteiger partial charge in [-0.2, -0.15) is 0 Å². The normalized spacial score (nSPS) is 10.1. The van der Waals surface area contributed by atoms with Crippen LogP contribution in [0.5, 0.6) is 5.75 Å². The molecule has 5 heteroatoms. The maximum Gasteiger partial charge on any atom is 0.262 e. The van der Waals surface area contributed by atoms with Gasteiger partial charge in [0.25, 0.3) is 5.91 Å². The van der Waals surface area contributed by atoms with Crippen molar-refractivity contribution < 1.29 is 9.53 Å². The van der Waals surface area contributed by atoms with E-state index in [1.54, 1.807) is 42.5 Å². The number of amides is 1. The lowest BCUT2D eigenvalue weighted by atomic mass is 10.2. The van der Waals surface area contributed by atoms with E-state index in [1.807, 2.05) is 6.92 Å². The summed E-state index contributed by atoms with van der Waals surface area (Å²) in [6, 6.07) is 12.2. The van der Waals surface area contributed by atoms with Crippen molar-refractivity contribution in [2.75, 3.05) is 17.7 Å². The summed E-state index contributed by atoms with van der Waals surface area (Å²) in [7, 11) is 0. The lowest BCUT2D eigenvalue weighted by molar-refractivity contribution is -0.118. The molecule has 0 fully saturated rings. The summed E-state index contributed by atoms with van der Waals surface area (Å²) in [5.41, 5.74) is 7.73. The number of halogens is 1. The second-order valence-corrected chi connectivity index (χ2v) is 4.73. The molecule has 0 heterocycles. The van der Waals surface area contributed by atoms with Crippen LogP contribution >= 0.6 is 11.6 Å². The predicted octanol–water partition coefficient (Wildman–Crippen LogP) is 3.25. The number of nitrogen functional groups attached to an aromatic ring is 1. The molecule has 0 aromatic heterocycles. The van der Waals surface area contributed by atoms with E-state index in [2.05, 4.69) is 5.32 Å². The van der Waals surface area contributed by atoms with Crippen molar-refractivity contribution in [2.24, 2.45) is 0 Å². The molecule has 0 aliphatic heterocycles. The van der Waals surface area contributed by atoms with Gasteiger partial charge in [0.2, 0.25) is 0 Å². The topological polar surface area (TPSA) is 64.3 Å². The summed E-state index contributed by atoms with van der Waals surface area (Å²) < 4.78 is 5.36. The highest BCUT2D eigenvalue weighted by Crippen LogP contribution is 2.22. The van der Waals surface area contributed by atoms with E-state index in [9.17, 15) is 4.79 Å². The highest BCUT2D eigenvalue weighted by atomic mass is 35.5. The number of hydrogen-bond acceptors (Lipinski definition) is 3. The number of carbonyl (C=O) groups excluding carboxylic acids is 1. The van der Waals surface area contributed by atoms with Gasteiger partial charge in [0.1, 0.15) is 5.75 Å². The van der Waals surface area contributed by atoms with Crippen LogP contribution in [-0.2, 0) is 4.79 Å². The molecular weight excluding hydrogens is 276 g/mol. The minimum atomic E-state index is -0.243.